The van der Waals surface area contributed by atoms with Crippen molar-refractivity contribution in [1.82, 2.24) is 0 Å². The largest absolute Gasteiger partial charge is 0.377 e. The molecule has 3 rings (SSSR count). The van der Waals surface area contributed by atoms with Crippen molar-refractivity contribution in [2.75, 3.05) is 5.32 Å². The van der Waals surface area contributed by atoms with E-state index in [-0.39, 0.29) is 12.0 Å². The van der Waals surface area contributed by atoms with Gasteiger partial charge in [-0.25, -0.2) is 0 Å². The second-order valence-electron chi connectivity index (χ2n) is 6.67. The van der Waals surface area contributed by atoms with Crippen LogP contribution in [0.1, 0.15) is 48.4 Å². The van der Waals surface area contributed by atoms with Crippen LogP contribution < -0.4 is 5.32 Å². The Balaban J connectivity index is 1.94. The van der Waals surface area contributed by atoms with Gasteiger partial charge in [-0.2, -0.15) is 0 Å². The molecule has 120 valence electrons. The summed E-state index contributed by atoms with van der Waals surface area (Å²) >= 11 is 0. The lowest BCUT2D eigenvalue weighted by Crippen LogP contribution is -2.30. The SMILES string of the molecule is Cc1ccc([C@H](Nc2ccccc2C)[C@@H]2CCCCC2=O)cc1. The fourth-order valence-corrected chi connectivity index (χ4v) is 3.45. The number of nitrogens with one attached hydrogen (secondary N) is 1. The van der Waals surface area contributed by atoms with Crippen molar-refractivity contribution < 1.29 is 4.79 Å². The quantitative estimate of drug-likeness (QED) is 0.839. The molecule has 0 radical (unpaired) electrons. The monoisotopic (exact) mass is 307 g/mol. The molecule has 2 nitrogen and oxygen atoms in total. The van der Waals surface area contributed by atoms with Crippen LogP contribution in [0, 0.1) is 19.8 Å². The number of anilines is 1. The summed E-state index contributed by atoms with van der Waals surface area (Å²) in [4.78, 5) is 12.5. The van der Waals surface area contributed by atoms with Crippen molar-refractivity contribution in [3.63, 3.8) is 0 Å². The molecule has 0 spiro atoms. The Morgan fingerprint density at radius 2 is 1.74 bits per heavy atom. The van der Waals surface area contributed by atoms with Gasteiger partial charge in [0.1, 0.15) is 5.78 Å². The van der Waals surface area contributed by atoms with E-state index in [9.17, 15) is 4.79 Å². The van der Waals surface area contributed by atoms with E-state index in [1.165, 1.54) is 16.7 Å². The normalized spacial score (nSPS) is 19.4. The molecule has 2 heteroatoms. The second-order valence-corrected chi connectivity index (χ2v) is 6.67. The molecule has 1 saturated carbocycles. The summed E-state index contributed by atoms with van der Waals surface area (Å²) < 4.78 is 0. The Morgan fingerprint density at radius 1 is 1.00 bits per heavy atom. The summed E-state index contributed by atoms with van der Waals surface area (Å²) in [5.74, 6) is 0.481. The average Bonchev–Trinajstić information content (AvgIpc) is 2.56. The zero-order chi connectivity index (χ0) is 16.2. The first-order valence-corrected chi connectivity index (χ1v) is 8.56. The highest BCUT2D eigenvalue weighted by atomic mass is 16.1. The van der Waals surface area contributed by atoms with E-state index in [2.05, 4.69) is 55.6 Å². The minimum Gasteiger partial charge on any atom is -0.377 e. The van der Waals surface area contributed by atoms with Crippen molar-refractivity contribution in [3.8, 4) is 0 Å². The van der Waals surface area contributed by atoms with Crippen molar-refractivity contribution in [2.24, 2.45) is 5.92 Å². The third-order valence-corrected chi connectivity index (χ3v) is 4.90. The minimum atomic E-state index is 0.0597. The Labute approximate surface area is 138 Å². The van der Waals surface area contributed by atoms with E-state index >= 15 is 0 Å². The maximum absolute atomic E-state index is 12.5. The molecule has 23 heavy (non-hydrogen) atoms. The van der Waals surface area contributed by atoms with Gasteiger partial charge in [0, 0.05) is 18.0 Å². The predicted molar refractivity (Wildman–Crippen MR) is 95.7 cm³/mol. The topological polar surface area (TPSA) is 29.1 Å². The molecular formula is C21H25NO. The van der Waals surface area contributed by atoms with Gasteiger partial charge in [-0.1, -0.05) is 54.4 Å². The number of hydrogen-bond acceptors (Lipinski definition) is 2. The highest BCUT2D eigenvalue weighted by Gasteiger charge is 2.31. The number of rotatable bonds is 4. The van der Waals surface area contributed by atoms with Gasteiger partial charge in [-0.05, 0) is 43.9 Å². The van der Waals surface area contributed by atoms with Crippen LogP contribution in [0.5, 0.6) is 0 Å². The van der Waals surface area contributed by atoms with Gasteiger partial charge in [-0.15, -0.1) is 0 Å². The number of benzene rings is 2. The number of para-hydroxylation sites is 1. The number of hydrogen-bond donors (Lipinski definition) is 1. The zero-order valence-electron chi connectivity index (χ0n) is 14.0. The predicted octanol–water partition coefficient (Wildman–Crippen LogP) is 5.22. The first-order chi connectivity index (χ1) is 11.1. The fraction of sp³-hybridized carbons (Fsp3) is 0.381. The molecule has 1 fully saturated rings. The molecule has 2 aromatic carbocycles. The summed E-state index contributed by atoms with van der Waals surface area (Å²) in [6.45, 7) is 4.20. The maximum atomic E-state index is 12.5. The van der Waals surface area contributed by atoms with Gasteiger partial charge in [-0.3, -0.25) is 4.79 Å². The van der Waals surface area contributed by atoms with Crippen molar-refractivity contribution >= 4 is 11.5 Å². The molecule has 0 bridgehead atoms. The second kappa shape index (κ2) is 6.99. The molecule has 1 N–H and O–H groups in total. The van der Waals surface area contributed by atoms with Gasteiger partial charge >= 0.3 is 0 Å². The molecule has 1 aliphatic rings. The van der Waals surface area contributed by atoms with E-state index in [1.54, 1.807) is 0 Å². The molecular weight excluding hydrogens is 282 g/mol. The van der Waals surface area contributed by atoms with Crippen LogP contribution in [0.3, 0.4) is 0 Å². The van der Waals surface area contributed by atoms with Gasteiger partial charge in [0.15, 0.2) is 0 Å². The smallest absolute Gasteiger partial charge is 0.138 e. The average molecular weight is 307 g/mol. The van der Waals surface area contributed by atoms with Gasteiger partial charge < -0.3 is 5.32 Å². The summed E-state index contributed by atoms with van der Waals surface area (Å²) in [7, 11) is 0. The maximum Gasteiger partial charge on any atom is 0.138 e. The van der Waals surface area contributed by atoms with E-state index in [0.717, 1.165) is 31.4 Å². The Kier molecular flexibility index (Phi) is 4.80. The van der Waals surface area contributed by atoms with Gasteiger partial charge in [0.05, 0.1) is 6.04 Å². The lowest BCUT2D eigenvalue weighted by molar-refractivity contribution is -0.125. The molecule has 0 amide bonds. The van der Waals surface area contributed by atoms with Crippen molar-refractivity contribution in [1.29, 1.82) is 0 Å². The highest BCUT2D eigenvalue weighted by Crippen LogP contribution is 2.35. The minimum absolute atomic E-state index is 0.0597. The molecule has 0 heterocycles. The molecule has 0 saturated heterocycles. The summed E-state index contributed by atoms with van der Waals surface area (Å²) in [6, 6.07) is 17.0. The van der Waals surface area contributed by atoms with Gasteiger partial charge in [0.25, 0.3) is 0 Å². The lowest BCUT2D eigenvalue weighted by Gasteiger charge is -2.31. The van der Waals surface area contributed by atoms with Crippen LogP contribution in [0.25, 0.3) is 0 Å². The molecule has 0 aliphatic heterocycles. The Hall–Kier alpha value is -2.09. The summed E-state index contributed by atoms with van der Waals surface area (Å²) in [5.41, 5.74) is 4.79. The lowest BCUT2D eigenvalue weighted by atomic mass is 9.80. The van der Waals surface area contributed by atoms with E-state index in [0.29, 0.717) is 5.78 Å². The van der Waals surface area contributed by atoms with Crippen LogP contribution >= 0.6 is 0 Å². The van der Waals surface area contributed by atoms with E-state index in [1.807, 2.05) is 12.1 Å². The number of ketones is 1. The Morgan fingerprint density at radius 3 is 2.43 bits per heavy atom. The van der Waals surface area contributed by atoms with Crippen LogP contribution in [0.4, 0.5) is 5.69 Å². The first-order valence-electron chi connectivity index (χ1n) is 8.56. The standard InChI is InChI=1S/C21H25NO/c1-15-11-13-17(14-12-15)21(18-8-4-6-10-20(18)23)22-19-9-5-3-7-16(19)2/h3,5,7,9,11-14,18,21-22H,4,6,8,10H2,1-2H3/t18-,21+/m1/s1. The summed E-state index contributed by atoms with van der Waals surface area (Å²) in [5, 5.41) is 3.66. The molecule has 0 unspecified atom stereocenters. The Bertz CT molecular complexity index is 674. The molecule has 2 atom stereocenters. The van der Waals surface area contributed by atoms with Crippen molar-refractivity contribution in [3.05, 3.63) is 65.2 Å². The number of carbonyl (C=O) groups excluding carboxylic acids is 1. The fourth-order valence-electron chi connectivity index (χ4n) is 3.45. The zero-order valence-corrected chi connectivity index (χ0v) is 14.0. The number of aryl methyl sites for hydroxylation is 2. The third kappa shape index (κ3) is 3.64. The van der Waals surface area contributed by atoms with Crippen LogP contribution in [0.2, 0.25) is 0 Å². The van der Waals surface area contributed by atoms with Gasteiger partial charge in [0.2, 0.25) is 0 Å². The molecule has 1 aliphatic carbocycles. The van der Waals surface area contributed by atoms with Crippen LogP contribution in [-0.4, -0.2) is 5.78 Å². The van der Waals surface area contributed by atoms with E-state index in [4.69, 9.17) is 0 Å². The van der Waals surface area contributed by atoms with Crippen molar-refractivity contribution in [2.45, 2.75) is 45.6 Å². The summed E-state index contributed by atoms with van der Waals surface area (Å²) in [6.07, 6.45) is 3.90. The third-order valence-electron chi connectivity index (χ3n) is 4.90. The number of Topliss-reactive ketones (excluding diaryl/α,β-unsaturated/α-hetero) is 1. The van der Waals surface area contributed by atoms with Crippen LogP contribution in [0.15, 0.2) is 48.5 Å². The number of carbonyl (C=O) groups is 1. The molecule has 0 aromatic heterocycles. The van der Waals surface area contributed by atoms with Crippen LogP contribution in [-0.2, 0) is 4.79 Å². The highest BCUT2D eigenvalue weighted by molar-refractivity contribution is 5.83. The van der Waals surface area contributed by atoms with E-state index < -0.39 is 0 Å². The first kappa shape index (κ1) is 15.8. The molecule has 2 aromatic rings.